The number of thioether (sulfide) groups is 1. The summed E-state index contributed by atoms with van der Waals surface area (Å²) in [4.78, 5) is 12.9. The molecule has 3 aromatic rings. The molecule has 0 aliphatic carbocycles. The van der Waals surface area contributed by atoms with Gasteiger partial charge < -0.3 is 11.1 Å². The number of nitrogens with two attached hydrogens (primary N) is 1. The van der Waals surface area contributed by atoms with Gasteiger partial charge in [-0.2, -0.15) is 0 Å². The number of carbonyl (C=O) groups is 1. The minimum absolute atomic E-state index is 0.219. The highest BCUT2D eigenvalue weighted by atomic mass is 35.5. The zero-order valence-electron chi connectivity index (χ0n) is 12.6. The zero-order valence-corrected chi connectivity index (χ0v) is 15.8. The smallest absolute Gasteiger partial charge is 0.242 e. The third-order valence-corrected chi connectivity index (χ3v) is 5.64. The van der Waals surface area contributed by atoms with Crippen LogP contribution in [0.4, 0.5) is 10.8 Å². The number of hydrogen-bond acceptors (Lipinski definition) is 6. The van der Waals surface area contributed by atoms with Crippen LogP contribution in [-0.2, 0) is 4.79 Å². The minimum atomic E-state index is -0.522. The standard InChI is InChI=1S/C16H12Cl2N4OS2/c17-10-6-11(18)8-12(7-10)20-14(23)13(9-4-2-1-3-5-9)24-16-22-21-15(19)25-16/h1-8,13H,(H2,19,21)(H,20,23)/t13-/m1/s1. The number of amides is 1. The molecular weight excluding hydrogens is 399 g/mol. The fraction of sp³-hybridized carbons (Fsp3) is 0.0625. The van der Waals surface area contributed by atoms with Crippen molar-refractivity contribution in [3.05, 3.63) is 64.1 Å². The van der Waals surface area contributed by atoms with E-state index in [-0.39, 0.29) is 5.91 Å². The molecule has 1 heterocycles. The number of aromatic nitrogens is 2. The van der Waals surface area contributed by atoms with E-state index >= 15 is 0 Å². The molecule has 0 aliphatic rings. The van der Waals surface area contributed by atoms with Crippen LogP contribution >= 0.6 is 46.3 Å². The predicted molar refractivity (Wildman–Crippen MR) is 104 cm³/mol. The second kappa shape index (κ2) is 8.05. The molecule has 0 saturated carbocycles. The first-order valence-electron chi connectivity index (χ1n) is 7.09. The van der Waals surface area contributed by atoms with Gasteiger partial charge in [0.15, 0.2) is 4.34 Å². The molecule has 3 rings (SSSR count). The summed E-state index contributed by atoms with van der Waals surface area (Å²) in [5, 5.41) is 11.3. The molecule has 9 heteroatoms. The van der Waals surface area contributed by atoms with Gasteiger partial charge in [-0.3, -0.25) is 4.79 Å². The SMILES string of the molecule is Nc1nnc(S[C@@H](C(=O)Nc2cc(Cl)cc(Cl)c2)c2ccccc2)s1. The Morgan fingerprint density at radius 1 is 1.12 bits per heavy atom. The first-order chi connectivity index (χ1) is 12.0. The van der Waals surface area contributed by atoms with Crippen molar-refractivity contribution in [1.29, 1.82) is 0 Å². The van der Waals surface area contributed by atoms with E-state index in [1.807, 2.05) is 30.3 Å². The lowest BCUT2D eigenvalue weighted by molar-refractivity contribution is -0.115. The number of nitrogens with zero attached hydrogens (tertiary/aromatic N) is 2. The Hall–Kier alpha value is -1.80. The van der Waals surface area contributed by atoms with Crippen molar-refractivity contribution >= 4 is 63.0 Å². The average molecular weight is 411 g/mol. The van der Waals surface area contributed by atoms with Crippen LogP contribution < -0.4 is 11.1 Å². The van der Waals surface area contributed by atoms with Crippen molar-refractivity contribution in [3.8, 4) is 0 Å². The quantitative estimate of drug-likeness (QED) is 0.584. The summed E-state index contributed by atoms with van der Waals surface area (Å²) in [7, 11) is 0. The summed E-state index contributed by atoms with van der Waals surface area (Å²) >= 11 is 14.5. The van der Waals surface area contributed by atoms with Gasteiger partial charge in [0.25, 0.3) is 0 Å². The molecule has 2 aromatic carbocycles. The highest BCUT2D eigenvalue weighted by Gasteiger charge is 2.24. The minimum Gasteiger partial charge on any atom is -0.374 e. The van der Waals surface area contributed by atoms with Gasteiger partial charge in [0.2, 0.25) is 11.0 Å². The topological polar surface area (TPSA) is 80.9 Å². The van der Waals surface area contributed by atoms with Gasteiger partial charge in [0.1, 0.15) is 5.25 Å². The van der Waals surface area contributed by atoms with Gasteiger partial charge in [-0.05, 0) is 23.8 Å². The maximum absolute atomic E-state index is 12.9. The van der Waals surface area contributed by atoms with E-state index in [2.05, 4.69) is 15.5 Å². The summed E-state index contributed by atoms with van der Waals surface area (Å²) < 4.78 is 0.616. The van der Waals surface area contributed by atoms with Gasteiger partial charge in [-0.25, -0.2) is 0 Å². The molecule has 0 bridgehead atoms. The second-order valence-corrected chi connectivity index (χ2v) is 8.20. The van der Waals surface area contributed by atoms with E-state index < -0.39 is 5.25 Å². The van der Waals surface area contributed by atoms with Crippen LogP contribution in [0, 0.1) is 0 Å². The third kappa shape index (κ3) is 4.85. The lowest BCUT2D eigenvalue weighted by Crippen LogP contribution is -2.19. The summed E-state index contributed by atoms with van der Waals surface area (Å²) in [5.41, 5.74) is 7.00. The predicted octanol–water partition coefficient (Wildman–Crippen LogP) is 4.90. The Balaban J connectivity index is 1.86. The van der Waals surface area contributed by atoms with E-state index in [4.69, 9.17) is 28.9 Å². The van der Waals surface area contributed by atoms with Crippen molar-refractivity contribution in [3.63, 3.8) is 0 Å². The molecule has 25 heavy (non-hydrogen) atoms. The molecule has 1 aromatic heterocycles. The lowest BCUT2D eigenvalue weighted by Gasteiger charge is -2.16. The van der Waals surface area contributed by atoms with Crippen molar-refractivity contribution in [2.45, 2.75) is 9.59 Å². The molecule has 128 valence electrons. The van der Waals surface area contributed by atoms with Gasteiger partial charge in [0, 0.05) is 15.7 Å². The van der Waals surface area contributed by atoms with E-state index in [1.165, 1.54) is 23.1 Å². The lowest BCUT2D eigenvalue weighted by atomic mass is 10.1. The average Bonchev–Trinajstić information content (AvgIpc) is 2.97. The number of nitrogen functional groups attached to an aromatic ring is 1. The van der Waals surface area contributed by atoms with Crippen molar-refractivity contribution in [2.24, 2.45) is 0 Å². The summed E-state index contributed by atoms with van der Waals surface area (Å²) in [6.45, 7) is 0. The zero-order chi connectivity index (χ0) is 17.8. The Morgan fingerprint density at radius 3 is 2.40 bits per heavy atom. The van der Waals surface area contributed by atoms with Crippen LogP contribution in [0.5, 0.6) is 0 Å². The van der Waals surface area contributed by atoms with E-state index in [0.717, 1.165) is 5.56 Å². The number of carbonyl (C=O) groups excluding carboxylic acids is 1. The number of halogens is 2. The number of rotatable bonds is 5. The van der Waals surface area contributed by atoms with Crippen LogP contribution in [0.2, 0.25) is 10.0 Å². The highest BCUT2D eigenvalue weighted by molar-refractivity contribution is 8.02. The Kier molecular flexibility index (Phi) is 5.80. The van der Waals surface area contributed by atoms with Crippen LogP contribution in [0.3, 0.4) is 0 Å². The van der Waals surface area contributed by atoms with E-state index in [9.17, 15) is 4.79 Å². The monoisotopic (exact) mass is 410 g/mol. The van der Waals surface area contributed by atoms with Crippen LogP contribution in [0.25, 0.3) is 0 Å². The maximum atomic E-state index is 12.9. The maximum Gasteiger partial charge on any atom is 0.242 e. The van der Waals surface area contributed by atoms with Crippen molar-refractivity contribution in [2.75, 3.05) is 11.1 Å². The fourth-order valence-corrected chi connectivity index (χ4v) is 4.46. The van der Waals surface area contributed by atoms with Crippen LogP contribution in [-0.4, -0.2) is 16.1 Å². The summed E-state index contributed by atoms with van der Waals surface area (Å²) in [6, 6.07) is 14.3. The van der Waals surface area contributed by atoms with Gasteiger partial charge in [-0.1, -0.05) is 76.6 Å². The van der Waals surface area contributed by atoms with E-state index in [0.29, 0.717) is 25.2 Å². The Labute approximate surface area is 162 Å². The largest absolute Gasteiger partial charge is 0.374 e. The first-order valence-corrected chi connectivity index (χ1v) is 9.54. The number of benzene rings is 2. The molecule has 0 radical (unpaired) electrons. The third-order valence-electron chi connectivity index (χ3n) is 3.11. The van der Waals surface area contributed by atoms with Crippen molar-refractivity contribution in [1.82, 2.24) is 10.2 Å². The summed E-state index contributed by atoms with van der Waals surface area (Å²) in [5.74, 6) is -0.219. The van der Waals surface area contributed by atoms with Crippen molar-refractivity contribution < 1.29 is 4.79 Å². The van der Waals surface area contributed by atoms with Gasteiger partial charge in [0.05, 0.1) is 0 Å². The molecule has 0 spiro atoms. The molecule has 0 unspecified atom stereocenters. The Bertz CT molecular complexity index is 869. The van der Waals surface area contributed by atoms with Gasteiger partial charge in [-0.15, -0.1) is 10.2 Å². The molecule has 1 amide bonds. The molecule has 5 nitrogen and oxygen atoms in total. The molecule has 3 N–H and O–H groups in total. The van der Waals surface area contributed by atoms with E-state index in [1.54, 1.807) is 18.2 Å². The molecule has 0 saturated heterocycles. The second-order valence-electron chi connectivity index (χ2n) is 4.96. The van der Waals surface area contributed by atoms with Crippen LogP contribution in [0.1, 0.15) is 10.8 Å². The van der Waals surface area contributed by atoms with Crippen LogP contribution in [0.15, 0.2) is 52.9 Å². The number of hydrogen-bond donors (Lipinski definition) is 2. The number of anilines is 2. The molecular formula is C16H12Cl2N4OS2. The molecule has 0 aliphatic heterocycles. The fourth-order valence-electron chi connectivity index (χ4n) is 2.10. The molecule has 0 fully saturated rings. The van der Waals surface area contributed by atoms with Gasteiger partial charge >= 0.3 is 0 Å². The molecule has 1 atom stereocenters. The highest BCUT2D eigenvalue weighted by Crippen LogP contribution is 2.38. The number of nitrogens with one attached hydrogen (secondary N) is 1. The Morgan fingerprint density at radius 2 is 1.80 bits per heavy atom. The first kappa shape index (κ1) is 18.0. The normalized spacial score (nSPS) is 11.9. The summed E-state index contributed by atoms with van der Waals surface area (Å²) in [6.07, 6.45) is 0.